The Bertz CT molecular complexity index is 983. The average Bonchev–Trinajstić information content (AvgIpc) is 3.07. The Morgan fingerprint density at radius 3 is 2.70 bits per heavy atom. The summed E-state index contributed by atoms with van der Waals surface area (Å²) < 4.78 is 1.76. The van der Waals surface area contributed by atoms with Gasteiger partial charge in [-0.05, 0) is 26.1 Å². The van der Waals surface area contributed by atoms with Crippen molar-refractivity contribution >= 4 is 22.8 Å². The van der Waals surface area contributed by atoms with Crippen molar-refractivity contribution in [1.82, 2.24) is 29.5 Å². The third-order valence-electron chi connectivity index (χ3n) is 4.93. The number of carbonyl (C=O) groups excluding carboxylic acids is 1. The van der Waals surface area contributed by atoms with E-state index < -0.39 is 0 Å². The molecule has 0 aromatic carbocycles. The number of amides is 2. The third kappa shape index (κ3) is 3.61. The molecule has 0 aliphatic carbocycles. The number of hydrogen-bond acceptors (Lipinski definition) is 5. The number of nitrogens with zero attached hydrogens (tertiary/aromatic N) is 6. The standard InChI is InChI=1S/C19H23N7O/c1-13-11-24(2)4-5-26(13)19(27)23-18-7-14-6-15(8-20-17(14)10-21-18)16-9-22-25(3)12-16/h6-10,12-13H,4-5,11H2,1-3H3,(H,21,23,27). The Morgan fingerprint density at radius 1 is 1.11 bits per heavy atom. The van der Waals surface area contributed by atoms with Gasteiger partial charge < -0.3 is 9.80 Å². The predicted octanol–water partition coefficient (Wildman–Crippen LogP) is 2.20. The van der Waals surface area contributed by atoms with E-state index in [1.54, 1.807) is 10.9 Å². The van der Waals surface area contributed by atoms with E-state index >= 15 is 0 Å². The number of aromatic nitrogens is 4. The summed E-state index contributed by atoms with van der Waals surface area (Å²) in [7, 11) is 3.96. The van der Waals surface area contributed by atoms with Crippen molar-refractivity contribution in [3.63, 3.8) is 0 Å². The third-order valence-corrected chi connectivity index (χ3v) is 4.93. The zero-order chi connectivity index (χ0) is 19.0. The maximum atomic E-state index is 12.6. The summed E-state index contributed by atoms with van der Waals surface area (Å²) in [5.74, 6) is 0.531. The summed E-state index contributed by atoms with van der Waals surface area (Å²) in [6.45, 7) is 4.52. The number of fused-ring (bicyclic) bond motifs is 1. The summed E-state index contributed by atoms with van der Waals surface area (Å²) in [4.78, 5) is 25.5. The monoisotopic (exact) mass is 365 g/mol. The number of anilines is 1. The molecule has 1 atom stereocenters. The molecule has 1 fully saturated rings. The lowest BCUT2D eigenvalue weighted by atomic mass is 10.1. The Morgan fingerprint density at radius 2 is 1.96 bits per heavy atom. The van der Waals surface area contributed by atoms with E-state index in [1.807, 2.05) is 42.7 Å². The minimum Gasteiger partial charge on any atom is -0.319 e. The van der Waals surface area contributed by atoms with Crippen molar-refractivity contribution in [2.45, 2.75) is 13.0 Å². The fourth-order valence-electron chi connectivity index (χ4n) is 3.45. The van der Waals surface area contributed by atoms with Crippen LogP contribution in [-0.2, 0) is 7.05 Å². The molecule has 4 heterocycles. The van der Waals surface area contributed by atoms with Crippen molar-refractivity contribution in [2.75, 3.05) is 32.0 Å². The molecule has 1 unspecified atom stereocenters. The van der Waals surface area contributed by atoms with Gasteiger partial charge in [-0.25, -0.2) is 9.78 Å². The normalized spacial score (nSPS) is 18.0. The SMILES string of the molecule is CC1CN(C)CCN1C(=O)Nc1cc2cc(-c3cnn(C)c3)cnc2cn1. The molecule has 0 bridgehead atoms. The van der Waals surface area contributed by atoms with Crippen LogP contribution in [0.1, 0.15) is 6.92 Å². The van der Waals surface area contributed by atoms with E-state index in [4.69, 9.17) is 0 Å². The first kappa shape index (κ1) is 17.4. The van der Waals surface area contributed by atoms with Gasteiger partial charge in [-0.15, -0.1) is 0 Å². The van der Waals surface area contributed by atoms with Crippen LogP contribution in [0.4, 0.5) is 10.6 Å². The molecular formula is C19H23N7O. The fourth-order valence-corrected chi connectivity index (χ4v) is 3.45. The van der Waals surface area contributed by atoms with Gasteiger partial charge in [-0.2, -0.15) is 5.10 Å². The van der Waals surface area contributed by atoms with Crippen LogP contribution < -0.4 is 5.32 Å². The maximum Gasteiger partial charge on any atom is 0.323 e. The second kappa shape index (κ2) is 6.96. The molecule has 1 N–H and O–H groups in total. The Kier molecular flexibility index (Phi) is 4.49. The van der Waals surface area contributed by atoms with Crippen molar-refractivity contribution in [3.05, 3.63) is 36.9 Å². The Labute approximate surface area is 157 Å². The quantitative estimate of drug-likeness (QED) is 0.753. The van der Waals surface area contributed by atoms with E-state index in [9.17, 15) is 4.79 Å². The zero-order valence-electron chi connectivity index (χ0n) is 15.8. The topological polar surface area (TPSA) is 79.2 Å². The number of rotatable bonds is 2. The summed E-state index contributed by atoms with van der Waals surface area (Å²) in [5, 5.41) is 8.05. The number of aryl methyl sites for hydroxylation is 1. The molecule has 0 spiro atoms. The molecule has 0 radical (unpaired) electrons. The van der Waals surface area contributed by atoms with Crippen molar-refractivity contribution < 1.29 is 4.79 Å². The number of hydrogen-bond donors (Lipinski definition) is 1. The second-order valence-corrected chi connectivity index (χ2v) is 7.12. The molecule has 8 nitrogen and oxygen atoms in total. The highest BCUT2D eigenvalue weighted by Gasteiger charge is 2.25. The van der Waals surface area contributed by atoms with Crippen LogP contribution in [0.5, 0.6) is 0 Å². The zero-order valence-corrected chi connectivity index (χ0v) is 15.8. The van der Waals surface area contributed by atoms with Gasteiger partial charge in [0.2, 0.25) is 0 Å². The fraction of sp³-hybridized carbons (Fsp3) is 0.368. The van der Waals surface area contributed by atoms with Crippen LogP contribution in [-0.4, -0.2) is 68.3 Å². The van der Waals surface area contributed by atoms with E-state index in [-0.39, 0.29) is 12.1 Å². The lowest BCUT2D eigenvalue weighted by molar-refractivity contribution is 0.125. The highest BCUT2D eigenvalue weighted by Crippen LogP contribution is 2.23. The molecule has 3 aromatic rings. The Hall–Kier alpha value is -3.00. The molecule has 140 valence electrons. The maximum absolute atomic E-state index is 12.6. The van der Waals surface area contributed by atoms with E-state index in [0.29, 0.717) is 12.4 Å². The molecule has 8 heteroatoms. The largest absolute Gasteiger partial charge is 0.323 e. The number of piperazine rings is 1. The van der Waals surface area contributed by atoms with E-state index in [0.717, 1.165) is 35.1 Å². The van der Waals surface area contributed by atoms with Gasteiger partial charge in [0.1, 0.15) is 5.82 Å². The van der Waals surface area contributed by atoms with Gasteiger partial charge in [-0.1, -0.05) is 0 Å². The van der Waals surface area contributed by atoms with Crippen LogP contribution in [0.15, 0.2) is 36.9 Å². The first-order valence-electron chi connectivity index (χ1n) is 9.00. The highest BCUT2D eigenvalue weighted by atomic mass is 16.2. The van der Waals surface area contributed by atoms with Crippen LogP contribution in [0.25, 0.3) is 22.0 Å². The minimum atomic E-state index is -0.112. The lowest BCUT2D eigenvalue weighted by Crippen LogP contribution is -2.54. The van der Waals surface area contributed by atoms with Gasteiger partial charge in [0.15, 0.2) is 0 Å². The summed E-state index contributed by atoms with van der Waals surface area (Å²) >= 11 is 0. The van der Waals surface area contributed by atoms with Gasteiger partial charge in [0.25, 0.3) is 0 Å². The highest BCUT2D eigenvalue weighted by molar-refractivity contribution is 5.92. The average molecular weight is 365 g/mol. The van der Waals surface area contributed by atoms with Crippen molar-refractivity contribution in [1.29, 1.82) is 0 Å². The van der Waals surface area contributed by atoms with E-state index in [2.05, 4.69) is 39.3 Å². The molecule has 1 aliphatic heterocycles. The number of urea groups is 1. The smallest absolute Gasteiger partial charge is 0.319 e. The number of pyridine rings is 2. The van der Waals surface area contributed by atoms with Crippen LogP contribution in [0.3, 0.4) is 0 Å². The molecule has 0 saturated carbocycles. The van der Waals surface area contributed by atoms with Gasteiger partial charge >= 0.3 is 6.03 Å². The molecule has 4 rings (SSSR count). The van der Waals surface area contributed by atoms with Crippen LogP contribution in [0.2, 0.25) is 0 Å². The summed E-state index contributed by atoms with van der Waals surface area (Å²) in [6, 6.07) is 3.96. The molecule has 2 amide bonds. The molecule has 1 saturated heterocycles. The summed E-state index contributed by atoms with van der Waals surface area (Å²) in [6.07, 6.45) is 7.25. The van der Waals surface area contributed by atoms with Gasteiger partial charge in [0, 0.05) is 61.6 Å². The minimum absolute atomic E-state index is 0.112. The second-order valence-electron chi connectivity index (χ2n) is 7.12. The number of nitrogens with one attached hydrogen (secondary N) is 1. The Balaban J connectivity index is 1.56. The number of carbonyl (C=O) groups is 1. The first-order valence-corrected chi connectivity index (χ1v) is 9.00. The van der Waals surface area contributed by atoms with Gasteiger partial charge in [-0.3, -0.25) is 15.0 Å². The summed E-state index contributed by atoms with van der Waals surface area (Å²) in [5.41, 5.74) is 2.76. The van der Waals surface area contributed by atoms with Crippen molar-refractivity contribution in [3.8, 4) is 11.1 Å². The molecular weight excluding hydrogens is 342 g/mol. The van der Waals surface area contributed by atoms with Crippen LogP contribution >= 0.6 is 0 Å². The first-order chi connectivity index (χ1) is 13.0. The van der Waals surface area contributed by atoms with Gasteiger partial charge in [0.05, 0.1) is 17.9 Å². The predicted molar refractivity (Wildman–Crippen MR) is 104 cm³/mol. The lowest BCUT2D eigenvalue weighted by Gasteiger charge is -2.37. The number of likely N-dealkylation sites (N-methyl/N-ethyl adjacent to an activating group) is 1. The molecule has 3 aromatic heterocycles. The van der Waals surface area contributed by atoms with E-state index in [1.165, 1.54) is 0 Å². The van der Waals surface area contributed by atoms with Crippen molar-refractivity contribution in [2.24, 2.45) is 7.05 Å². The molecule has 27 heavy (non-hydrogen) atoms. The molecule has 1 aliphatic rings. The van der Waals surface area contributed by atoms with Crippen LogP contribution in [0, 0.1) is 0 Å².